The lowest BCUT2D eigenvalue weighted by atomic mass is 9.75. The molecule has 2 N–H and O–H groups in total. The molecule has 220 valence electrons. The van der Waals surface area contributed by atoms with E-state index in [1.807, 2.05) is 54.3 Å². The molecule has 2 aliphatic rings. The van der Waals surface area contributed by atoms with Crippen molar-refractivity contribution in [3.63, 3.8) is 0 Å². The van der Waals surface area contributed by atoms with Crippen molar-refractivity contribution < 1.29 is 23.5 Å². The number of aromatic hydroxyl groups is 1. The Hall–Kier alpha value is -4.12. The van der Waals surface area contributed by atoms with E-state index in [4.69, 9.17) is 0 Å². The minimum atomic E-state index is -0.955. The molecule has 2 heterocycles. The highest BCUT2D eigenvalue weighted by Crippen LogP contribution is 2.38. The summed E-state index contributed by atoms with van der Waals surface area (Å²) in [7, 11) is 0. The molecule has 8 nitrogen and oxygen atoms in total. The van der Waals surface area contributed by atoms with E-state index in [1.54, 1.807) is 35.2 Å². The normalized spacial score (nSPS) is 20.1. The number of fused-ring (bicyclic) bond motifs is 1. The maximum atomic E-state index is 14.8. The summed E-state index contributed by atoms with van der Waals surface area (Å²) in [6, 6.07) is 18.7. The number of piperazine rings is 1. The van der Waals surface area contributed by atoms with Gasteiger partial charge in [-0.3, -0.25) is 9.59 Å². The maximum absolute atomic E-state index is 14.8. The summed E-state index contributed by atoms with van der Waals surface area (Å²) in [4.78, 5) is 31.3. The summed E-state index contributed by atoms with van der Waals surface area (Å²) in [5.41, 5.74) is 4.50. The van der Waals surface area contributed by atoms with Crippen molar-refractivity contribution in [2.75, 3.05) is 19.6 Å². The zero-order valence-corrected chi connectivity index (χ0v) is 23.7. The van der Waals surface area contributed by atoms with Crippen LogP contribution in [0.1, 0.15) is 30.5 Å². The molecular weight excluding hydrogens is 540 g/mol. The number of carbonyl (C=O) groups excluding carboxylic acids is 2. The number of benzene rings is 3. The van der Waals surface area contributed by atoms with Crippen molar-refractivity contribution in [2.24, 2.45) is 0 Å². The molecule has 0 spiro atoms. The second-order valence-corrected chi connectivity index (χ2v) is 11.2. The molecule has 5 rings (SSSR count). The molecule has 2 amide bonds. The highest BCUT2D eigenvalue weighted by Gasteiger charge is 2.55. The number of rotatable bonds is 9. The molecule has 10 heteroatoms. The summed E-state index contributed by atoms with van der Waals surface area (Å²) < 4.78 is 28.5. The molecule has 3 aromatic carbocycles. The monoisotopic (exact) mass is 575 g/mol. The van der Waals surface area contributed by atoms with Gasteiger partial charge >= 0.3 is 0 Å². The third kappa shape index (κ3) is 5.78. The van der Waals surface area contributed by atoms with E-state index in [0.29, 0.717) is 13.1 Å². The number of carbonyl (C=O) groups is 2. The Morgan fingerprint density at radius 3 is 2.43 bits per heavy atom. The third-order valence-corrected chi connectivity index (χ3v) is 8.02. The van der Waals surface area contributed by atoms with Crippen LogP contribution in [0.5, 0.6) is 5.75 Å². The number of nitrogens with one attached hydrogen (secondary N) is 1. The molecule has 0 aromatic heterocycles. The van der Waals surface area contributed by atoms with Gasteiger partial charge in [0.25, 0.3) is 0 Å². The first kappa shape index (κ1) is 29.4. The van der Waals surface area contributed by atoms with E-state index in [2.05, 4.69) is 12.0 Å². The standard InChI is InChI=1S/C32H35F2N5O3/c1-4-16-37-21-29(41)38-28(39(37)35-18-22-8-6-5-7-9-22)20-36(19-23-10-13-25(33)17-27(23)34)31(42)30(38)32(2,3)24-11-14-26(40)15-12-24/h4-15,17,28,30,35,40H,1,16,18-21H2,2-3H3/t28-,30?/m1/s1. The summed E-state index contributed by atoms with van der Waals surface area (Å²) in [5, 5.41) is 13.6. The number of hydrazine groups is 2. The van der Waals surface area contributed by atoms with Crippen LogP contribution in [0.3, 0.4) is 0 Å². The molecule has 42 heavy (non-hydrogen) atoms. The quantitative estimate of drug-likeness (QED) is 0.377. The smallest absolute Gasteiger partial charge is 0.246 e. The van der Waals surface area contributed by atoms with Gasteiger partial charge in [-0.2, -0.15) is 5.12 Å². The molecule has 0 saturated carbocycles. The van der Waals surface area contributed by atoms with Gasteiger partial charge < -0.3 is 14.9 Å². The Morgan fingerprint density at radius 1 is 1.05 bits per heavy atom. The van der Waals surface area contributed by atoms with Crippen LogP contribution in [-0.4, -0.2) is 68.7 Å². The Morgan fingerprint density at radius 2 is 1.76 bits per heavy atom. The minimum Gasteiger partial charge on any atom is -0.508 e. The summed E-state index contributed by atoms with van der Waals surface area (Å²) in [6.45, 7) is 8.46. The largest absolute Gasteiger partial charge is 0.508 e. The van der Waals surface area contributed by atoms with E-state index in [0.717, 1.165) is 17.2 Å². The van der Waals surface area contributed by atoms with Gasteiger partial charge in [0.05, 0.1) is 13.1 Å². The fraction of sp³-hybridized carbons (Fsp3) is 0.312. The number of phenols is 1. The lowest BCUT2D eigenvalue weighted by Crippen LogP contribution is -2.78. The zero-order chi connectivity index (χ0) is 30.0. The van der Waals surface area contributed by atoms with Crippen molar-refractivity contribution in [2.45, 2.75) is 44.6 Å². The van der Waals surface area contributed by atoms with Crippen LogP contribution < -0.4 is 5.43 Å². The predicted octanol–water partition coefficient (Wildman–Crippen LogP) is 3.94. The molecule has 0 radical (unpaired) electrons. The topological polar surface area (TPSA) is 79.4 Å². The average molecular weight is 576 g/mol. The fourth-order valence-corrected chi connectivity index (χ4v) is 5.83. The molecule has 1 unspecified atom stereocenters. The van der Waals surface area contributed by atoms with Gasteiger partial charge in [-0.1, -0.05) is 68.5 Å². The molecule has 2 aliphatic heterocycles. The summed E-state index contributed by atoms with van der Waals surface area (Å²) in [6.07, 6.45) is 1.06. The number of halogens is 2. The number of phenolic OH excluding ortho intramolecular Hbond substituents is 1. The number of nitrogens with zero attached hydrogens (tertiary/aromatic N) is 4. The molecule has 2 fully saturated rings. The van der Waals surface area contributed by atoms with Crippen LogP contribution in [-0.2, 0) is 28.1 Å². The van der Waals surface area contributed by atoms with Crippen LogP contribution in [0.2, 0.25) is 0 Å². The van der Waals surface area contributed by atoms with Gasteiger partial charge in [-0.05, 0) is 29.3 Å². The van der Waals surface area contributed by atoms with Gasteiger partial charge in [0, 0.05) is 36.7 Å². The van der Waals surface area contributed by atoms with Crippen molar-refractivity contribution in [1.82, 2.24) is 25.4 Å². The summed E-state index contributed by atoms with van der Waals surface area (Å²) in [5.74, 6) is -1.93. The molecular formula is C32H35F2N5O3. The highest BCUT2D eigenvalue weighted by molar-refractivity contribution is 5.91. The van der Waals surface area contributed by atoms with E-state index in [1.165, 1.54) is 17.0 Å². The Kier molecular flexibility index (Phi) is 8.40. The van der Waals surface area contributed by atoms with E-state index in [9.17, 15) is 23.5 Å². The van der Waals surface area contributed by atoms with Crippen LogP contribution in [0.4, 0.5) is 8.78 Å². The SMILES string of the molecule is C=CCN1CC(=O)N2C(C(C)(C)c3ccc(O)cc3)C(=O)N(Cc3ccc(F)cc3F)C[C@H]2N1NCc1ccccc1. The number of hydrogen-bond donors (Lipinski definition) is 2. The molecule has 0 bridgehead atoms. The van der Waals surface area contributed by atoms with Gasteiger partial charge in [0.15, 0.2) is 0 Å². The van der Waals surface area contributed by atoms with Gasteiger partial charge in [0.1, 0.15) is 29.6 Å². The maximum Gasteiger partial charge on any atom is 0.246 e. The Labute approximate surface area is 244 Å². The van der Waals surface area contributed by atoms with Crippen molar-refractivity contribution >= 4 is 11.8 Å². The van der Waals surface area contributed by atoms with E-state index < -0.39 is 29.3 Å². The first-order valence-corrected chi connectivity index (χ1v) is 13.9. The van der Waals surface area contributed by atoms with Crippen molar-refractivity contribution in [1.29, 1.82) is 0 Å². The van der Waals surface area contributed by atoms with Crippen molar-refractivity contribution in [3.8, 4) is 5.75 Å². The van der Waals surface area contributed by atoms with Crippen molar-refractivity contribution in [3.05, 3.63) is 114 Å². The lowest BCUT2D eigenvalue weighted by molar-refractivity contribution is -0.221. The van der Waals surface area contributed by atoms with Crippen LogP contribution in [0.15, 0.2) is 85.5 Å². The van der Waals surface area contributed by atoms with Crippen LogP contribution >= 0.6 is 0 Å². The van der Waals surface area contributed by atoms with Gasteiger partial charge in [-0.25, -0.2) is 19.2 Å². The van der Waals surface area contributed by atoms with E-state index >= 15 is 0 Å². The summed E-state index contributed by atoms with van der Waals surface area (Å²) >= 11 is 0. The van der Waals surface area contributed by atoms with Crippen LogP contribution in [0.25, 0.3) is 0 Å². The van der Waals surface area contributed by atoms with Gasteiger partial charge in [0.2, 0.25) is 11.8 Å². The fourth-order valence-electron chi connectivity index (χ4n) is 5.83. The first-order valence-electron chi connectivity index (χ1n) is 13.9. The first-order chi connectivity index (χ1) is 20.1. The molecule has 0 aliphatic carbocycles. The molecule has 2 atom stereocenters. The minimum absolute atomic E-state index is 0.0202. The molecule has 3 aromatic rings. The van der Waals surface area contributed by atoms with Gasteiger partial charge in [-0.15, -0.1) is 6.58 Å². The van der Waals surface area contributed by atoms with E-state index in [-0.39, 0.29) is 42.8 Å². The number of hydrogen-bond acceptors (Lipinski definition) is 6. The Bertz CT molecular complexity index is 1450. The second kappa shape index (κ2) is 12.0. The second-order valence-electron chi connectivity index (χ2n) is 11.2. The zero-order valence-electron chi connectivity index (χ0n) is 23.7. The average Bonchev–Trinajstić information content (AvgIpc) is 2.96. The lowest BCUT2D eigenvalue weighted by Gasteiger charge is -2.58. The number of amides is 2. The third-order valence-electron chi connectivity index (χ3n) is 8.02. The Balaban J connectivity index is 1.57. The highest BCUT2D eigenvalue weighted by atomic mass is 19.1. The van der Waals surface area contributed by atoms with Crippen LogP contribution in [0, 0.1) is 11.6 Å². The molecule has 2 saturated heterocycles. The predicted molar refractivity (Wildman–Crippen MR) is 154 cm³/mol.